The molecule has 2 heterocycles. The lowest BCUT2D eigenvalue weighted by atomic mass is 10.1. The number of hydrogen-bond donors (Lipinski definition) is 0. The topological polar surface area (TPSA) is 64.4 Å². The van der Waals surface area contributed by atoms with Crippen molar-refractivity contribution in [2.75, 3.05) is 7.11 Å². The zero-order valence-corrected chi connectivity index (χ0v) is 17.2. The molecule has 0 saturated carbocycles. The van der Waals surface area contributed by atoms with Crippen LogP contribution in [0.4, 0.5) is 0 Å². The minimum Gasteiger partial charge on any atom is -0.496 e. The van der Waals surface area contributed by atoms with Gasteiger partial charge in [-0.15, -0.1) is 0 Å². The van der Waals surface area contributed by atoms with Crippen LogP contribution in [0.25, 0.3) is 0 Å². The smallest absolute Gasteiger partial charge is 0.263 e. The number of carbonyl (C=O) groups excluding carboxylic acids is 1. The minimum atomic E-state index is -0.308. The first kappa shape index (κ1) is 20.3. The van der Waals surface area contributed by atoms with Crippen molar-refractivity contribution in [3.8, 4) is 5.75 Å². The third-order valence-electron chi connectivity index (χ3n) is 5.02. The summed E-state index contributed by atoms with van der Waals surface area (Å²) >= 11 is 0. The Morgan fingerprint density at radius 2 is 1.90 bits per heavy atom. The fourth-order valence-corrected chi connectivity index (χ4v) is 3.35. The summed E-state index contributed by atoms with van der Waals surface area (Å²) in [6, 6.07) is 13.2. The Kier molecular flexibility index (Phi) is 6.12. The van der Waals surface area contributed by atoms with Gasteiger partial charge in [0.15, 0.2) is 0 Å². The maximum absolute atomic E-state index is 13.5. The number of pyridine rings is 2. The van der Waals surface area contributed by atoms with Gasteiger partial charge in [-0.2, -0.15) is 0 Å². The van der Waals surface area contributed by atoms with Gasteiger partial charge >= 0.3 is 0 Å². The largest absolute Gasteiger partial charge is 0.496 e. The molecule has 6 nitrogen and oxygen atoms in total. The number of carbonyl (C=O) groups is 1. The molecule has 0 saturated heterocycles. The van der Waals surface area contributed by atoms with Gasteiger partial charge in [-0.3, -0.25) is 14.6 Å². The summed E-state index contributed by atoms with van der Waals surface area (Å²) in [4.78, 5) is 32.2. The molecular weight excluding hydrogens is 366 g/mol. The van der Waals surface area contributed by atoms with E-state index in [4.69, 9.17) is 4.74 Å². The van der Waals surface area contributed by atoms with Crippen LogP contribution in [0.1, 0.15) is 32.7 Å². The van der Waals surface area contributed by atoms with Crippen LogP contribution in [0, 0.1) is 13.8 Å². The standard InChI is InChI=1S/C23H25N3O3/c1-16-12-17(2)25(3)22(27)21(16)23(28)26(14-18-8-7-11-24-13-18)15-19-9-5-6-10-20(19)29-4/h5-13H,14-15H2,1-4H3. The van der Waals surface area contributed by atoms with Crippen molar-refractivity contribution < 1.29 is 9.53 Å². The molecule has 150 valence electrons. The second kappa shape index (κ2) is 8.73. The molecule has 1 amide bonds. The molecule has 6 heteroatoms. The highest BCUT2D eigenvalue weighted by molar-refractivity contribution is 5.95. The molecule has 0 aliphatic rings. The van der Waals surface area contributed by atoms with E-state index in [-0.39, 0.29) is 17.0 Å². The summed E-state index contributed by atoms with van der Waals surface area (Å²) in [5.74, 6) is 0.392. The Hall–Kier alpha value is -3.41. The van der Waals surface area contributed by atoms with E-state index in [9.17, 15) is 9.59 Å². The van der Waals surface area contributed by atoms with Crippen LogP contribution in [-0.4, -0.2) is 27.5 Å². The number of rotatable bonds is 6. The van der Waals surface area contributed by atoms with Crippen LogP contribution in [0.5, 0.6) is 5.75 Å². The molecule has 0 atom stereocenters. The van der Waals surface area contributed by atoms with Crippen LogP contribution < -0.4 is 10.3 Å². The summed E-state index contributed by atoms with van der Waals surface area (Å²) in [6.45, 7) is 4.30. The average Bonchev–Trinajstić information content (AvgIpc) is 2.72. The molecule has 0 unspecified atom stereocenters. The van der Waals surface area contributed by atoms with Gasteiger partial charge in [-0.1, -0.05) is 24.3 Å². The zero-order chi connectivity index (χ0) is 21.0. The first-order valence-electron chi connectivity index (χ1n) is 9.39. The lowest BCUT2D eigenvalue weighted by molar-refractivity contribution is 0.0725. The van der Waals surface area contributed by atoms with Crippen molar-refractivity contribution in [2.45, 2.75) is 26.9 Å². The Morgan fingerprint density at radius 1 is 1.14 bits per heavy atom. The van der Waals surface area contributed by atoms with Gasteiger partial charge in [0.25, 0.3) is 11.5 Å². The molecule has 0 N–H and O–H groups in total. The molecule has 2 aromatic heterocycles. The number of benzene rings is 1. The number of methoxy groups -OCH3 is 1. The second-order valence-electron chi connectivity index (χ2n) is 7.04. The third kappa shape index (κ3) is 4.37. The number of hydrogen-bond acceptors (Lipinski definition) is 4. The number of ether oxygens (including phenoxy) is 1. The maximum atomic E-state index is 13.5. The number of aromatic nitrogens is 2. The van der Waals surface area contributed by atoms with Gasteiger partial charge in [0.2, 0.25) is 0 Å². The maximum Gasteiger partial charge on any atom is 0.263 e. The van der Waals surface area contributed by atoms with Crippen molar-refractivity contribution in [1.29, 1.82) is 0 Å². The first-order valence-corrected chi connectivity index (χ1v) is 9.39. The monoisotopic (exact) mass is 391 g/mol. The fraction of sp³-hybridized carbons (Fsp3) is 0.261. The Morgan fingerprint density at radius 3 is 2.59 bits per heavy atom. The molecule has 3 rings (SSSR count). The molecule has 0 aliphatic carbocycles. The highest BCUT2D eigenvalue weighted by Gasteiger charge is 2.24. The Labute approximate surface area is 170 Å². The summed E-state index contributed by atoms with van der Waals surface area (Å²) in [5.41, 5.74) is 3.14. The number of para-hydroxylation sites is 1. The number of nitrogens with zero attached hydrogens (tertiary/aromatic N) is 3. The Bertz CT molecular complexity index is 1070. The second-order valence-corrected chi connectivity index (χ2v) is 7.04. The van der Waals surface area contributed by atoms with Gasteiger partial charge in [0.1, 0.15) is 11.3 Å². The molecule has 0 spiro atoms. The minimum absolute atomic E-state index is 0.192. The van der Waals surface area contributed by atoms with E-state index < -0.39 is 0 Å². The fourth-order valence-electron chi connectivity index (χ4n) is 3.35. The van der Waals surface area contributed by atoms with E-state index in [0.717, 1.165) is 16.8 Å². The van der Waals surface area contributed by atoms with Crippen molar-refractivity contribution in [3.63, 3.8) is 0 Å². The molecule has 0 bridgehead atoms. The van der Waals surface area contributed by atoms with Gasteiger partial charge in [-0.05, 0) is 43.2 Å². The molecule has 0 fully saturated rings. The number of amides is 1. The van der Waals surface area contributed by atoms with E-state index in [1.165, 1.54) is 4.57 Å². The van der Waals surface area contributed by atoms with E-state index in [1.807, 2.05) is 49.4 Å². The van der Waals surface area contributed by atoms with Crippen LogP contribution in [-0.2, 0) is 20.1 Å². The molecule has 29 heavy (non-hydrogen) atoms. The van der Waals surface area contributed by atoms with Crippen molar-refractivity contribution >= 4 is 5.91 Å². The zero-order valence-electron chi connectivity index (χ0n) is 17.2. The average molecular weight is 391 g/mol. The normalized spacial score (nSPS) is 10.6. The quantitative estimate of drug-likeness (QED) is 0.647. The molecule has 0 radical (unpaired) electrons. The van der Waals surface area contributed by atoms with Crippen LogP contribution in [0.3, 0.4) is 0 Å². The van der Waals surface area contributed by atoms with Gasteiger partial charge in [0, 0.05) is 43.8 Å². The summed E-state index contributed by atoms with van der Waals surface area (Å²) in [5, 5.41) is 0. The van der Waals surface area contributed by atoms with Gasteiger partial charge in [0.05, 0.1) is 7.11 Å². The van der Waals surface area contributed by atoms with E-state index >= 15 is 0 Å². The van der Waals surface area contributed by atoms with Crippen LogP contribution >= 0.6 is 0 Å². The summed E-state index contributed by atoms with van der Waals surface area (Å²) in [7, 11) is 3.28. The van der Waals surface area contributed by atoms with Crippen molar-refractivity contribution in [1.82, 2.24) is 14.5 Å². The van der Waals surface area contributed by atoms with E-state index in [2.05, 4.69) is 4.98 Å². The number of aryl methyl sites for hydroxylation is 2. The third-order valence-corrected chi connectivity index (χ3v) is 5.02. The summed E-state index contributed by atoms with van der Waals surface area (Å²) in [6.07, 6.45) is 3.42. The van der Waals surface area contributed by atoms with Crippen molar-refractivity contribution in [3.05, 3.63) is 93.2 Å². The van der Waals surface area contributed by atoms with Crippen molar-refractivity contribution in [2.24, 2.45) is 7.05 Å². The molecule has 0 aliphatic heterocycles. The van der Waals surface area contributed by atoms with Crippen LogP contribution in [0.15, 0.2) is 59.7 Å². The predicted molar refractivity (Wildman–Crippen MR) is 112 cm³/mol. The van der Waals surface area contributed by atoms with Crippen LogP contribution in [0.2, 0.25) is 0 Å². The van der Waals surface area contributed by atoms with E-state index in [1.54, 1.807) is 38.4 Å². The molecular formula is C23H25N3O3. The molecule has 1 aromatic carbocycles. The highest BCUT2D eigenvalue weighted by atomic mass is 16.5. The summed E-state index contributed by atoms with van der Waals surface area (Å²) < 4.78 is 6.95. The SMILES string of the molecule is COc1ccccc1CN(Cc1cccnc1)C(=O)c1c(C)cc(C)n(C)c1=O. The predicted octanol–water partition coefficient (Wildman–Crippen LogP) is 3.25. The lowest BCUT2D eigenvalue weighted by Crippen LogP contribution is -2.37. The van der Waals surface area contributed by atoms with Gasteiger partial charge in [-0.25, -0.2) is 0 Å². The lowest BCUT2D eigenvalue weighted by Gasteiger charge is -2.25. The van der Waals surface area contributed by atoms with E-state index in [0.29, 0.717) is 24.4 Å². The Balaban J connectivity index is 2.04. The molecule has 3 aromatic rings. The highest BCUT2D eigenvalue weighted by Crippen LogP contribution is 2.22. The first-order chi connectivity index (χ1) is 13.9. The van der Waals surface area contributed by atoms with Gasteiger partial charge < -0.3 is 14.2 Å².